The number of rotatable bonds is 3. The van der Waals surface area contributed by atoms with E-state index in [0.29, 0.717) is 33.3 Å². The van der Waals surface area contributed by atoms with Gasteiger partial charge in [-0.1, -0.05) is 11.6 Å². The smallest absolute Gasteiger partial charge is 0.475 e. The van der Waals surface area contributed by atoms with Crippen LogP contribution in [0.5, 0.6) is 0 Å². The fourth-order valence-corrected chi connectivity index (χ4v) is 5.69. The number of aromatic amines is 1. The molecule has 0 aliphatic carbocycles. The van der Waals surface area contributed by atoms with Crippen LogP contribution in [-0.2, 0) is 11.3 Å². The number of nitrogens with two attached hydrogens (primary N) is 1. The maximum atomic E-state index is 10.6. The highest BCUT2D eigenvalue weighted by Crippen LogP contribution is 2.48. The highest BCUT2D eigenvalue weighted by Gasteiger charge is 2.47. The molecule has 0 unspecified atom stereocenters. The Morgan fingerprint density at radius 1 is 1.14 bits per heavy atom. The number of hydrogen-bond donors (Lipinski definition) is 3. The third kappa shape index (κ3) is 4.81. The lowest BCUT2D eigenvalue weighted by Crippen LogP contribution is -2.45. The Morgan fingerprint density at radius 3 is 2.57 bits per heavy atom. The van der Waals surface area contributed by atoms with Gasteiger partial charge in [-0.15, -0.1) is 0 Å². The molecule has 7 rings (SSSR count). The lowest BCUT2D eigenvalue weighted by Gasteiger charge is -2.41. The predicted octanol–water partition coefficient (Wildman–Crippen LogP) is 3.38. The van der Waals surface area contributed by atoms with E-state index in [1.54, 1.807) is 23.3 Å². The van der Waals surface area contributed by atoms with Crippen molar-refractivity contribution >= 4 is 34.6 Å². The fraction of sp³-hybridized carbons (Fsp3) is 0.320. The van der Waals surface area contributed by atoms with Crippen molar-refractivity contribution in [2.75, 3.05) is 18.0 Å². The largest absolute Gasteiger partial charge is 0.490 e. The van der Waals surface area contributed by atoms with Gasteiger partial charge < -0.3 is 15.7 Å². The van der Waals surface area contributed by atoms with E-state index in [9.17, 15) is 13.2 Å². The zero-order valence-corrected chi connectivity index (χ0v) is 22.5. The number of anilines is 1. The van der Waals surface area contributed by atoms with Crippen molar-refractivity contribution in [3.05, 3.63) is 59.9 Å². The molecule has 2 aliphatic rings. The molecular formula is C25H23ClF3N11O2. The van der Waals surface area contributed by atoms with Crippen molar-refractivity contribution < 1.29 is 23.1 Å². The summed E-state index contributed by atoms with van der Waals surface area (Å²) in [6, 6.07) is 5.69. The van der Waals surface area contributed by atoms with Crippen molar-refractivity contribution in [3.63, 3.8) is 0 Å². The molecule has 0 aromatic carbocycles. The normalized spacial score (nSPS) is 17.7. The minimum absolute atomic E-state index is 0.0209. The monoisotopic (exact) mass is 601 g/mol. The zero-order valence-electron chi connectivity index (χ0n) is 21.7. The topological polar surface area (TPSA) is 170 Å². The minimum Gasteiger partial charge on any atom is -0.475 e. The Balaban J connectivity index is 0.000000405. The van der Waals surface area contributed by atoms with Gasteiger partial charge >= 0.3 is 12.1 Å². The Morgan fingerprint density at radius 2 is 1.90 bits per heavy atom. The van der Waals surface area contributed by atoms with E-state index in [4.69, 9.17) is 37.2 Å². The van der Waals surface area contributed by atoms with Gasteiger partial charge in [-0.2, -0.15) is 28.5 Å². The second kappa shape index (κ2) is 10.4. The van der Waals surface area contributed by atoms with Gasteiger partial charge in [0.25, 0.3) is 0 Å². The first-order chi connectivity index (χ1) is 20.1. The van der Waals surface area contributed by atoms with Crippen LogP contribution < -0.4 is 10.6 Å². The molecule has 4 N–H and O–H groups in total. The summed E-state index contributed by atoms with van der Waals surface area (Å²) in [5.74, 6) is -1.40. The van der Waals surface area contributed by atoms with Crippen LogP contribution in [0, 0.1) is 5.41 Å². The number of piperidine rings is 1. The number of carboxylic acid groups (broad SMARTS) is 1. The number of alkyl halides is 3. The van der Waals surface area contributed by atoms with Crippen molar-refractivity contribution in [1.29, 1.82) is 0 Å². The van der Waals surface area contributed by atoms with Gasteiger partial charge in [-0.05, 0) is 31.0 Å². The molecular weight excluding hydrogens is 579 g/mol. The molecule has 0 amide bonds. The number of hydrogen-bond acceptors (Lipinski definition) is 9. The van der Waals surface area contributed by atoms with Crippen LogP contribution in [0.3, 0.4) is 0 Å². The van der Waals surface area contributed by atoms with Crippen LogP contribution in [-0.4, -0.2) is 75.1 Å². The van der Waals surface area contributed by atoms with Crippen molar-refractivity contribution in [1.82, 2.24) is 44.7 Å². The highest BCUT2D eigenvalue weighted by molar-refractivity contribution is 6.35. The third-order valence-corrected chi connectivity index (χ3v) is 8.00. The molecule has 13 nitrogen and oxygen atoms in total. The molecule has 7 heterocycles. The second-order valence-corrected chi connectivity index (χ2v) is 10.4. The summed E-state index contributed by atoms with van der Waals surface area (Å²) in [5.41, 5.74) is 10.4. The van der Waals surface area contributed by atoms with Crippen LogP contribution in [0.25, 0.3) is 28.2 Å². The van der Waals surface area contributed by atoms with E-state index in [0.717, 1.165) is 44.0 Å². The number of halogens is 4. The first-order valence-electron chi connectivity index (χ1n) is 12.8. The molecule has 42 heavy (non-hydrogen) atoms. The van der Waals surface area contributed by atoms with E-state index < -0.39 is 12.1 Å². The quantitative estimate of drug-likeness (QED) is 0.278. The molecule has 1 atom stereocenters. The number of carboxylic acids is 1. The molecule has 5 aromatic heterocycles. The number of pyridine rings is 1. The summed E-state index contributed by atoms with van der Waals surface area (Å²) in [6.45, 7) is 2.61. The van der Waals surface area contributed by atoms with Gasteiger partial charge in [0.2, 0.25) is 0 Å². The summed E-state index contributed by atoms with van der Waals surface area (Å²) >= 11 is 6.69. The van der Waals surface area contributed by atoms with Crippen molar-refractivity contribution in [2.24, 2.45) is 11.1 Å². The number of aliphatic carboxylic acids is 1. The average Bonchev–Trinajstić information content (AvgIpc) is 3.76. The molecule has 0 saturated carbocycles. The standard InChI is InChI=1S/C23H22ClN11.C2HF3O2/c24-17-14(2-7-26-22(17)34-9-1-6-28-34)18-19-21(32-31-18)30-16(12-27-19)33-10-4-23(5-11-33)13-35-15(20(23)25)3-8-29-35;3-2(4,5)1(6)7/h1-3,6-9,12,20H,4-5,10-11,13,25H2,(H,30,31,32);(H,6,7)/t20-;/m1./s1. The molecule has 2 aliphatic heterocycles. The number of carbonyl (C=O) groups is 1. The number of fused-ring (bicyclic) bond motifs is 2. The van der Waals surface area contributed by atoms with Gasteiger partial charge in [0.15, 0.2) is 11.5 Å². The van der Waals surface area contributed by atoms with Crippen LogP contribution in [0.4, 0.5) is 19.0 Å². The lowest BCUT2D eigenvalue weighted by atomic mass is 9.73. The molecule has 1 spiro atoms. The number of H-pyrrole nitrogens is 1. The molecule has 0 bridgehead atoms. The number of nitrogens with one attached hydrogen (secondary N) is 1. The summed E-state index contributed by atoms with van der Waals surface area (Å²) in [4.78, 5) is 25.1. The Kier molecular flexibility index (Phi) is 6.81. The van der Waals surface area contributed by atoms with E-state index >= 15 is 0 Å². The molecule has 17 heteroatoms. The van der Waals surface area contributed by atoms with E-state index in [-0.39, 0.29) is 11.5 Å². The van der Waals surface area contributed by atoms with Gasteiger partial charge in [0.05, 0.1) is 23.0 Å². The lowest BCUT2D eigenvalue weighted by molar-refractivity contribution is -0.192. The van der Waals surface area contributed by atoms with Crippen LogP contribution in [0.15, 0.2) is 49.2 Å². The van der Waals surface area contributed by atoms with E-state index in [1.165, 1.54) is 0 Å². The van der Waals surface area contributed by atoms with E-state index in [2.05, 4.69) is 35.0 Å². The summed E-state index contributed by atoms with van der Waals surface area (Å²) in [6.07, 6.45) is 5.67. The summed E-state index contributed by atoms with van der Waals surface area (Å²) in [5, 5.41) is 23.7. The Labute approximate surface area is 240 Å². The highest BCUT2D eigenvalue weighted by atomic mass is 35.5. The zero-order chi connectivity index (χ0) is 29.6. The number of aromatic nitrogens is 9. The second-order valence-electron chi connectivity index (χ2n) is 9.99. The Bertz CT molecular complexity index is 1740. The summed E-state index contributed by atoms with van der Waals surface area (Å²) in [7, 11) is 0. The van der Waals surface area contributed by atoms with Crippen LogP contribution in [0.1, 0.15) is 24.6 Å². The van der Waals surface area contributed by atoms with Gasteiger partial charge in [0, 0.05) is 55.4 Å². The van der Waals surface area contributed by atoms with Crippen molar-refractivity contribution in [2.45, 2.75) is 31.6 Å². The Hall–Kier alpha value is -4.57. The third-order valence-electron chi connectivity index (χ3n) is 7.62. The molecule has 218 valence electrons. The van der Waals surface area contributed by atoms with Gasteiger partial charge in [-0.25, -0.2) is 24.4 Å². The van der Waals surface area contributed by atoms with Gasteiger partial charge in [-0.3, -0.25) is 9.78 Å². The van der Waals surface area contributed by atoms with Crippen molar-refractivity contribution in [3.8, 4) is 17.1 Å². The maximum absolute atomic E-state index is 10.6. The van der Waals surface area contributed by atoms with Crippen LogP contribution in [0.2, 0.25) is 5.02 Å². The van der Waals surface area contributed by atoms with Gasteiger partial charge in [0.1, 0.15) is 17.0 Å². The molecule has 1 fully saturated rings. The SMILES string of the molecule is N[C@@H]1c2ccnn2CC12CCN(c1cnc3c(-c4ccnc(-n5cccn5)c4Cl)n[nH]c3n1)CC2.O=C(O)C(F)(F)F. The number of nitrogens with zero attached hydrogens (tertiary/aromatic N) is 9. The first kappa shape index (κ1) is 27.6. The molecule has 5 aromatic rings. The minimum atomic E-state index is -5.08. The summed E-state index contributed by atoms with van der Waals surface area (Å²) < 4.78 is 35.4. The first-order valence-corrected chi connectivity index (χ1v) is 13.1. The average molecular weight is 602 g/mol. The fourth-order valence-electron chi connectivity index (χ4n) is 5.40. The molecule has 1 saturated heterocycles. The van der Waals surface area contributed by atoms with Crippen LogP contribution >= 0.6 is 11.6 Å². The predicted molar refractivity (Wildman–Crippen MR) is 144 cm³/mol. The molecule has 0 radical (unpaired) electrons. The maximum Gasteiger partial charge on any atom is 0.490 e. The van der Waals surface area contributed by atoms with E-state index in [1.807, 2.05) is 30.6 Å².